The van der Waals surface area contributed by atoms with E-state index in [-0.39, 0.29) is 0 Å². The van der Waals surface area contributed by atoms with Crippen LogP contribution in [0.15, 0.2) is 42.6 Å². The summed E-state index contributed by atoms with van der Waals surface area (Å²) in [4.78, 5) is 9.08. The monoisotopic (exact) mass is 360 g/mol. The van der Waals surface area contributed by atoms with E-state index in [0.29, 0.717) is 5.82 Å². The molecule has 27 heavy (non-hydrogen) atoms. The fourth-order valence-corrected chi connectivity index (χ4v) is 3.08. The summed E-state index contributed by atoms with van der Waals surface area (Å²) in [5.74, 6) is 2.34. The van der Waals surface area contributed by atoms with Crippen LogP contribution in [-0.4, -0.2) is 40.4 Å². The smallest absolute Gasteiger partial charge is 0.206 e. The molecule has 3 aromatic heterocycles. The molecule has 1 aromatic carbocycles. The van der Waals surface area contributed by atoms with Crippen molar-refractivity contribution >= 4 is 0 Å². The maximum Gasteiger partial charge on any atom is 0.206 e. The molecule has 4 rings (SSSR count). The van der Waals surface area contributed by atoms with Crippen LogP contribution in [0.2, 0.25) is 0 Å². The quantitative estimate of drug-likeness (QED) is 0.568. The summed E-state index contributed by atoms with van der Waals surface area (Å²) < 4.78 is 2.00. The molecule has 0 fully saturated rings. The lowest BCUT2D eigenvalue weighted by Gasteiger charge is -2.08. The van der Waals surface area contributed by atoms with Gasteiger partial charge in [-0.15, -0.1) is 10.2 Å². The van der Waals surface area contributed by atoms with Crippen molar-refractivity contribution in [3.8, 4) is 22.6 Å². The van der Waals surface area contributed by atoms with E-state index < -0.39 is 0 Å². The molecule has 0 unspecified atom stereocenters. The molecule has 0 aliphatic rings. The van der Waals surface area contributed by atoms with Gasteiger partial charge in [0.2, 0.25) is 5.82 Å². The molecule has 0 bridgehead atoms. The molecule has 8 heteroatoms. The Morgan fingerprint density at radius 2 is 1.96 bits per heavy atom. The minimum Gasteiger partial charge on any atom is -0.255 e. The maximum absolute atomic E-state index is 4.57. The average Bonchev–Trinajstić information content (AvgIpc) is 3.33. The second-order valence-corrected chi connectivity index (χ2v) is 6.31. The van der Waals surface area contributed by atoms with Gasteiger partial charge in [0.05, 0.1) is 5.69 Å². The van der Waals surface area contributed by atoms with Crippen molar-refractivity contribution in [2.45, 2.75) is 33.2 Å². The molecular weight excluding hydrogens is 340 g/mol. The van der Waals surface area contributed by atoms with E-state index in [0.717, 1.165) is 47.9 Å². The van der Waals surface area contributed by atoms with Gasteiger partial charge in [0.1, 0.15) is 11.6 Å². The normalized spacial score (nSPS) is 11.0. The third kappa shape index (κ3) is 3.59. The highest BCUT2D eigenvalue weighted by atomic mass is 15.5. The molecule has 0 spiro atoms. The van der Waals surface area contributed by atoms with Gasteiger partial charge >= 0.3 is 0 Å². The van der Waals surface area contributed by atoms with Gasteiger partial charge in [-0.25, -0.2) is 9.67 Å². The van der Waals surface area contributed by atoms with Crippen LogP contribution in [0.3, 0.4) is 0 Å². The number of aromatic nitrogens is 8. The van der Waals surface area contributed by atoms with Crippen LogP contribution < -0.4 is 0 Å². The third-order valence-corrected chi connectivity index (χ3v) is 4.27. The predicted molar refractivity (Wildman–Crippen MR) is 101 cm³/mol. The van der Waals surface area contributed by atoms with E-state index in [9.17, 15) is 0 Å². The number of hydrogen-bond donors (Lipinski definition) is 1. The third-order valence-electron chi connectivity index (χ3n) is 4.27. The summed E-state index contributed by atoms with van der Waals surface area (Å²) in [6, 6.07) is 12.1. The van der Waals surface area contributed by atoms with Crippen molar-refractivity contribution in [2.75, 3.05) is 0 Å². The van der Waals surface area contributed by atoms with Crippen LogP contribution in [0.1, 0.15) is 30.6 Å². The SMILES string of the molecule is CCCn1nc(C)nc1Cc1ccc(-c2ncccc2-c2nn[nH]n2)cc1. The number of nitrogens with zero attached hydrogens (tertiary/aromatic N) is 7. The Bertz CT molecular complexity index is 1020. The molecule has 0 saturated heterocycles. The zero-order chi connectivity index (χ0) is 18.6. The number of nitrogens with one attached hydrogen (secondary N) is 1. The molecule has 0 amide bonds. The lowest BCUT2D eigenvalue weighted by atomic mass is 10.0. The number of rotatable bonds is 6. The molecule has 3 heterocycles. The summed E-state index contributed by atoms with van der Waals surface area (Å²) >= 11 is 0. The van der Waals surface area contributed by atoms with Crippen molar-refractivity contribution in [3.05, 3.63) is 59.8 Å². The van der Waals surface area contributed by atoms with E-state index >= 15 is 0 Å². The minimum atomic E-state index is 0.533. The number of hydrogen-bond acceptors (Lipinski definition) is 6. The summed E-state index contributed by atoms with van der Waals surface area (Å²) in [5, 5.41) is 18.7. The second kappa shape index (κ2) is 7.45. The summed E-state index contributed by atoms with van der Waals surface area (Å²) in [6.45, 7) is 4.96. The van der Waals surface area contributed by atoms with Crippen LogP contribution in [0.5, 0.6) is 0 Å². The minimum absolute atomic E-state index is 0.533. The van der Waals surface area contributed by atoms with Gasteiger partial charge in [0.25, 0.3) is 0 Å². The number of aryl methyl sites for hydroxylation is 2. The molecule has 0 radical (unpaired) electrons. The maximum atomic E-state index is 4.57. The first-order chi connectivity index (χ1) is 13.2. The van der Waals surface area contributed by atoms with Gasteiger partial charge in [-0.2, -0.15) is 10.3 Å². The Balaban J connectivity index is 1.61. The molecular formula is C19H20N8. The fraction of sp³-hybridized carbons (Fsp3) is 0.263. The highest BCUT2D eigenvalue weighted by Gasteiger charge is 2.13. The van der Waals surface area contributed by atoms with Crippen molar-refractivity contribution in [1.29, 1.82) is 0 Å². The van der Waals surface area contributed by atoms with Crippen molar-refractivity contribution in [1.82, 2.24) is 40.4 Å². The van der Waals surface area contributed by atoms with Crippen molar-refractivity contribution < 1.29 is 0 Å². The zero-order valence-corrected chi connectivity index (χ0v) is 15.3. The molecule has 0 aliphatic carbocycles. The Morgan fingerprint density at radius 1 is 1.11 bits per heavy atom. The molecule has 0 saturated carbocycles. The van der Waals surface area contributed by atoms with Gasteiger partial charge in [-0.05, 0) is 36.3 Å². The van der Waals surface area contributed by atoms with Crippen LogP contribution in [0, 0.1) is 6.92 Å². The lowest BCUT2D eigenvalue weighted by molar-refractivity contribution is 0.573. The molecule has 4 aromatic rings. The lowest BCUT2D eigenvalue weighted by Crippen LogP contribution is -2.06. The number of aromatic amines is 1. The van der Waals surface area contributed by atoms with Crippen molar-refractivity contribution in [3.63, 3.8) is 0 Å². The Hall–Kier alpha value is -3.42. The van der Waals surface area contributed by atoms with Crippen molar-refractivity contribution in [2.24, 2.45) is 0 Å². The van der Waals surface area contributed by atoms with E-state index in [4.69, 9.17) is 0 Å². The molecule has 0 aliphatic heterocycles. The zero-order valence-electron chi connectivity index (χ0n) is 15.3. The van der Waals surface area contributed by atoms with Crippen LogP contribution >= 0.6 is 0 Å². The van der Waals surface area contributed by atoms with Gasteiger partial charge in [0, 0.05) is 30.3 Å². The highest BCUT2D eigenvalue weighted by Crippen LogP contribution is 2.27. The molecule has 136 valence electrons. The van der Waals surface area contributed by atoms with Gasteiger partial charge in [-0.3, -0.25) is 4.98 Å². The molecule has 8 nitrogen and oxygen atoms in total. The average molecular weight is 360 g/mol. The first kappa shape index (κ1) is 17.0. The molecule has 0 atom stereocenters. The standard InChI is InChI=1S/C19H20N8/c1-3-11-27-17(21-13(2)24-27)12-14-6-8-15(9-7-14)18-16(5-4-10-20-18)19-22-25-26-23-19/h4-10H,3,11-12H2,1-2H3,(H,22,23,25,26). The fourth-order valence-electron chi connectivity index (χ4n) is 3.08. The number of pyridine rings is 1. The van der Waals surface area contributed by atoms with Crippen LogP contribution in [0.4, 0.5) is 0 Å². The largest absolute Gasteiger partial charge is 0.255 e. The first-order valence-electron chi connectivity index (χ1n) is 8.93. The Kier molecular flexibility index (Phi) is 4.69. The van der Waals surface area contributed by atoms with E-state index in [1.54, 1.807) is 6.20 Å². The number of tetrazole rings is 1. The topological polar surface area (TPSA) is 98.1 Å². The van der Waals surface area contributed by atoms with Gasteiger partial charge < -0.3 is 0 Å². The summed E-state index contributed by atoms with van der Waals surface area (Å²) in [7, 11) is 0. The van der Waals surface area contributed by atoms with Crippen LogP contribution in [-0.2, 0) is 13.0 Å². The van der Waals surface area contributed by atoms with Gasteiger partial charge in [0.15, 0.2) is 0 Å². The van der Waals surface area contributed by atoms with E-state index in [1.807, 2.05) is 23.7 Å². The van der Waals surface area contributed by atoms with E-state index in [2.05, 4.69) is 66.9 Å². The molecule has 1 N–H and O–H groups in total. The Labute approximate surface area is 156 Å². The summed E-state index contributed by atoms with van der Waals surface area (Å²) in [5.41, 5.74) is 3.86. The predicted octanol–water partition coefficient (Wildman–Crippen LogP) is 2.83. The van der Waals surface area contributed by atoms with Gasteiger partial charge in [-0.1, -0.05) is 31.2 Å². The first-order valence-corrected chi connectivity index (χ1v) is 8.93. The Morgan fingerprint density at radius 3 is 2.70 bits per heavy atom. The highest BCUT2D eigenvalue weighted by molar-refractivity contribution is 5.76. The van der Waals surface area contributed by atoms with Crippen LogP contribution in [0.25, 0.3) is 22.6 Å². The summed E-state index contributed by atoms with van der Waals surface area (Å²) in [6.07, 6.45) is 3.55. The number of H-pyrrole nitrogens is 1. The van der Waals surface area contributed by atoms with E-state index in [1.165, 1.54) is 5.56 Å². The number of benzene rings is 1. The second-order valence-electron chi connectivity index (χ2n) is 6.31.